The Morgan fingerprint density at radius 3 is 2.50 bits per heavy atom. The average Bonchev–Trinajstić information content (AvgIpc) is 2.21. The molecule has 0 saturated heterocycles. The summed E-state index contributed by atoms with van der Waals surface area (Å²) in [4.78, 5) is 10.6. The Morgan fingerprint density at radius 2 is 2.00 bits per heavy atom. The van der Waals surface area contributed by atoms with Gasteiger partial charge in [0.05, 0.1) is 0 Å². The van der Waals surface area contributed by atoms with E-state index in [4.69, 9.17) is 0 Å². The van der Waals surface area contributed by atoms with Crippen LogP contribution in [0.4, 0.5) is 0 Å². The Labute approximate surface area is 90.4 Å². The van der Waals surface area contributed by atoms with Crippen LogP contribution in [0.25, 0.3) is 5.57 Å². The lowest BCUT2D eigenvalue weighted by Crippen LogP contribution is -2.08. The lowest BCUT2D eigenvalue weighted by atomic mass is 10.0. The summed E-state index contributed by atoms with van der Waals surface area (Å²) in [6.45, 7) is 0.805. The van der Waals surface area contributed by atoms with Crippen molar-refractivity contribution in [1.82, 2.24) is 5.32 Å². The number of carbonyl (C=O) groups excluding carboxylic acids is 1. The van der Waals surface area contributed by atoms with E-state index in [1.54, 1.807) is 0 Å². The molecule has 0 radical (unpaired) electrons. The molecule has 0 unspecified atom stereocenters. The molecule has 2 nitrogen and oxygen atoms in total. The molecule has 0 spiro atoms. The molecule has 14 heavy (non-hydrogen) atoms. The molecular formula is C11H14ClNO. The third-order valence-corrected chi connectivity index (χ3v) is 1.87. The summed E-state index contributed by atoms with van der Waals surface area (Å²) in [5.74, 6) is 1.98. The molecule has 1 rings (SSSR count). The quantitative estimate of drug-likeness (QED) is 0.772. The molecule has 0 aliphatic rings. The van der Waals surface area contributed by atoms with Crippen LogP contribution < -0.4 is 5.32 Å². The van der Waals surface area contributed by atoms with E-state index in [-0.39, 0.29) is 12.4 Å². The molecule has 0 aromatic heterocycles. The van der Waals surface area contributed by atoms with Gasteiger partial charge in [-0.1, -0.05) is 30.3 Å². The van der Waals surface area contributed by atoms with Crippen molar-refractivity contribution in [3.63, 3.8) is 0 Å². The average molecular weight is 212 g/mol. The molecule has 1 N–H and O–H groups in total. The van der Waals surface area contributed by atoms with E-state index >= 15 is 0 Å². The Morgan fingerprint density at radius 1 is 1.36 bits per heavy atom. The van der Waals surface area contributed by atoms with Gasteiger partial charge in [0.2, 0.25) is 0 Å². The molecule has 0 aliphatic heterocycles. The van der Waals surface area contributed by atoms with E-state index in [2.05, 4.69) is 5.32 Å². The normalized spacial score (nSPS) is 8.64. The zero-order valence-corrected chi connectivity index (χ0v) is 8.93. The predicted octanol–water partition coefficient (Wildman–Crippen LogP) is 1.93. The van der Waals surface area contributed by atoms with Gasteiger partial charge in [-0.3, -0.25) is 0 Å². The van der Waals surface area contributed by atoms with Gasteiger partial charge in [0, 0.05) is 5.57 Å². The van der Waals surface area contributed by atoms with Gasteiger partial charge < -0.3 is 5.32 Å². The van der Waals surface area contributed by atoms with Gasteiger partial charge in [-0.2, -0.15) is 0 Å². The van der Waals surface area contributed by atoms with Crippen molar-refractivity contribution in [3.05, 3.63) is 35.9 Å². The van der Waals surface area contributed by atoms with Crippen LogP contribution in [-0.2, 0) is 4.79 Å². The van der Waals surface area contributed by atoms with Gasteiger partial charge in [0.1, 0.15) is 5.94 Å². The molecule has 0 atom stereocenters. The smallest absolute Gasteiger partial charge is 0.128 e. The molecule has 3 heteroatoms. The largest absolute Gasteiger partial charge is 0.319 e. The van der Waals surface area contributed by atoms with Crippen molar-refractivity contribution in [2.24, 2.45) is 0 Å². The highest BCUT2D eigenvalue weighted by Gasteiger charge is 2.00. The minimum Gasteiger partial charge on any atom is -0.319 e. The zero-order chi connectivity index (χ0) is 9.52. The second kappa shape index (κ2) is 7.34. The van der Waals surface area contributed by atoms with Crippen molar-refractivity contribution < 1.29 is 4.79 Å². The van der Waals surface area contributed by atoms with Crippen LogP contribution >= 0.6 is 12.4 Å². The number of hydrogen-bond acceptors (Lipinski definition) is 2. The third kappa shape index (κ3) is 3.75. The van der Waals surface area contributed by atoms with Gasteiger partial charge >= 0.3 is 0 Å². The third-order valence-electron chi connectivity index (χ3n) is 1.87. The molecule has 1 aromatic rings. The summed E-state index contributed by atoms with van der Waals surface area (Å²) in [6, 6.07) is 9.63. The fourth-order valence-electron chi connectivity index (χ4n) is 1.14. The Kier molecular flexibility index (Phi) is 6.77. The van der Waals surface area contributed by atoms with Gasteiger partial charge in [-0.05, 0) is 25.6 Å². The van der Waals surface area contributed by atoms with E-state index in [1.165, 1.54) is 0 Å². The highest BCUT2D eigenvalue weighted by molar-refractivity contribution is 5.87. The fourth-order valence-corrected chi connectivity index (χ4v) is 1.14. The number of benzene rings is 1. The summed E-state index contributed by atoms with van der Waals surface area (Å²) in [5, 5.41) is 3.00. The lowest BCUT2D eigenvalue weighted by molar-refractivity contribution is 0.569. The first kappa shape index (κ1) is 12.9. The van der Waals surface area contributed by atoms with E-state index in [0.29, 0.717) is 0 Å². The standard InChI is InChI=1S/C11H13NO.ClH/c1-12-8-7-11(9-13)10-5-3-2-4-6-10;/h2-6,12H,7-8H2,1H3;1H. The first-order valence-corrected chi connectivity index (χ1v) is 4.32. The van der Waals surface area contributed by atoms with E-state index < -0.39 is 0 Å². The van der Waals surface area contributed by atoms with Crippen LogP contribution in [-0.4, -0.2) is 19.5 Å². The second-order valence-electron chi connectivity index (χ2n) is 2.80. The molecule has 76 valence electrons. The van der Waals surface area contributed by atoms with Crippen molar-refractivity contribution in [2.75, 3.05) is 13.6 Å². The molecular weight excluding hydrogens is 198 g/mol. The summed E-state index contributed by atoms with van der Waals surface area (Å²) in [5.41, 5.74) is 1.70. The summed E-state index contributed by atoms with van der Waals surface area (Å²) >= 11 is 0. The molecule has 1 aromatic carbocycles. The number of hydrogen-bond donors (Lipinski definition) is 1. The Balaban J connectivity index is 0.00000169. The highest BCUT2D eigenvalue weighted by Crippen LogP contribution is 2.13. The predicted molar refractivity (Wildman–Crippen MR) is 61.3 cm³/mol. The molecule has 0 aliphatic carbocycles. The topological polar surface area (TPSA) is 29.1 Å². The minimum atomic E-state index is 0. The van der Waals surface area contributed by atoms with Crippen LogP contribution in [0.1, 0.15) is 12.0 Å². The summed E-state index contributed by atoms with van der Waals surface area (Å²) in [7, 11) is 1.87. The number of rotatable bonds is 4. The van der Waals surface area contributed by atoms with Crippen LogP contribution in [0.5, 0.6) is 0 Å². The Hall–Kier alpha value is -1.08. The minimum absolute atomic E-state index is 0. The van der Waals surface area contributed by atoms with Crippen molar-refractivity contribution in [3.8, 4) is 0 Å². The second-order valence-corrected chi connectivity index (χ2v) is 2.80. The van der Waals surface area contributed by atoms with E-state index in [0.717, 1.165) is 24.1 Å². The maximum absolute atomic E-state index is 10.6. The molecule has 0 bridgehead atoms. The van der Waals surface area contributed by atoms with Crippen molar-refractivity contribution in [1.29, 1.82) is 0 Å². The molecule has 0 amide bonds. The van der Waals surface area contributed by atoms with Crippen LogP contribution in [0.2, 0.25) is 0 Å². The van der Waals surface area contributed by atoms with Crippen LogP contribution in [0.15, 0.2) is 30.3 Å². The molecule has 0 saturated carbocycles. The van der Waals surface area contributed by atoms with E-state index in [9.17, 15) is 4.79 Å². The fraction of sp³-hybridized carbons (Fsp3) is 0.273. The lowest BCUT2D eigenvalue weighted by Gasteiger charge is -2.01. The van der Waals surface area contributed by atoms with Gasteiger partial charge in [-0.25, -0.2) is 4.79 Å². The SMILES string of the molecule is CNCCC(=C=O)c1ccccc1.Cl. The van der Waals surface area contributed by atoms with Crippen molar-refractivity contribution in [2.45, 2.75) is 6.42 Å². The van der Waals surface area contributed by atoms with Gasteiger partial charge in [0.25, 0.3) is 0 Å². The molecule has 0 fully saturated rings. The first-order valence-electron chi connectivity index (χ1n) is 4.32. The monoisotopic (exact) mass is 211 g/mol. The first-order chi connectivity index (χ1) is 6.38. The zero-order valence-electron chi connectivity index (χ0n) is 8.12. The molecule has 0 heterocycles. The maximum Gasteiger partial charge on any atom is 0.128 e. The Bertz CT molecular complexity index is 304. The van der Waals surface area contributed by atoms with Gasteiger partial charge in [0.15, 0.2) is 0 Å². The van der Waals surface area contributed by atoms with Crippen LogP contribution in [0, 0.1) is 0 Å². The summed E-state index contributed by atoms with van der Waals surface area (Å²) in [6.07, 6.45) is 0.726. The number of nitrogens with one attached hydrogen (secondary N) is 1. The van der Waals surface area contributed by atoms with Crippen molar-refractivity contribution >= 4 is 23.9 Å². The van der Waals surface area contributed by atoms with Gasteiger partial charge in [-0.15, -0.1) is 12.4 Å². The van der Waals surface area contributed by atoms with Crippen LogP contribution in [0.3, 0.4) is 0 Å². The summed E-state index contributed by atoms with van der Waals surface area (Å²) < 4.78 is 0. The number of halogens is 1. The maximum atomic E-state index is 10.6. The highest BCUT2D eigenvalue weighted by atomic mass is 35.5. The van der Waals surface area contributed by atoms with E-state index in [1.807, 2.05) is 43.3 Å².